The summed E-state index contributed by atoms with van der Waals surface area (Å²) in [7, 11) is 0. The molecule has 4 N–H and O–H groups in total. The van der Waals surface area contributed by atoms with Crippen LogP contribution in [-0.4, -0.2) is 37.6 Å². The van der Waals surface area contributed by atoms with E-state index in [9.17, 15) is 13.2 Å². The van der Waals surface area contributed by atoms with Gasteiger partial charge in [0.2, 0.25) is 11.9 Å². The Morgan fingerprint density at radius 2 is 1.88 bits per heavy atom. The summed E-state index contributed by atoms with van der Waals surface area (Å²) in [6, 6.07) is 6.58. The lowest BCUT2D eigenvalue weighted by molar-refractivity contribution is -0.137. The van der Waals surface area contributed by atoms with Crippen molar-refractivity contribution >= 4 is 34.9 Å². The fourth-order valence-electron chi connectivity index (χ4n) is 2.75. The molecule has 0 aliphatic rings. The van der Waals surface area contributed by atoms with Crippen molar-refractivity contribution in [2.45, 2.75) is 26.4 Å². The van der Waals surface area contributed by atoms with Gasteiger partial charge in [-0.15, -0.1) is 0 Å². The molecule has 0 saturated heterocycles. The highest BCUT2D eigenvalue weighted by Crippen LogP contribution is 2.30. The molecule has 0 fully saturated rings. The molecule has 3 aromatic rings. The minimum Gasteiger partial charge on any atom is -0.348 e. The fraction of sp³-hybridized carbons (Fsp3) is 0.250. The third-order valence-corrected chi connectivity index (χ3v) is 4.30. The van der Waals surface area contributed by atoms with E-state index < -0.39 is 11.7 Å². The van der Waals surface area contributed by atoms with Gasteiger partial charge in [0.25, 0.3) is 0 Å². The summed E-state index contributed by atoms with van der Waals surface area (Å²) < 4.78 is 38.9. The summed E-state index contributed by atoms with van der Waals surface area (Å²) >= 11 is 5.27. The number of nitrogens with one attached hydrogen (secondary N) is 4. The van der Waals surface area contributed by atoms with E-state index in [2.05, 4.69) is 40.9 Å². The average molecular weight is 463 g/mol. The summed E-state index contributed by atoms with van der Waals surface area (Å²) in [4.78, 5) is 20.0. The number of H-pyrrole nitrogens is 1. The molecule has 0 atom stereocenters. The standard InChI is InChI=1S/C20H21F3N8S/c1-12-8-13(2)28-18(27-12)30-17(25-7-6-16-10-24-11-26-16)31-19(32)29-15-5-3-4-14(9-15)20(21,22)23/h3-5,8-11H,6-7H2,1-2H3,(H,24,26)(H3,25,27,28,29,30,31,32). The minimum atomic E-state index is -4.45. The van der Waals surface area contributed by atoms with E-state index in [1.807, 2.05) is 19.9 Å². The van der Waals surface area contributed by atoms with Crippen molar-refractivity contribution in [1.82, 2.24) is 25.3 Å². The number of benzene rings is 1. The van der Waals surface area contributed by atoms with Crippen LogP contribution in [0.4, 0.5) is 24.8 Å². The summed E-state index contributed by atoms with van der Waals surface area (Å²) in [6.07, 6.45) is -0.584. The second kappa shape index (κ2) is 10.2. The molecular formula is C20H21F3N8S. The number of aromatic nitrogens is 4. The second-order valence-electron chi connectivity index (χ2n) is 6.81. The molecule has 0 bridgehead atoms. The van der Waals surface area contributed by atoms with Gasteiger partial charge in [-0.25, -0.2) is 15.0 Å². The molecule has 0 saturated carbocycles. The smallest absolute Gasteiger partial charge is 0.348 e. The van der Waals surface area contributed by atoms with E-state index in [4.69, 9.17) is 12.2 Å². The number of anilines is 2. The SMILES string of the molecule is Cc1cc(C)nc(NC(=NCCc2cnc[nH]2)NC(=S)Nc2cccc(C(F)(F)F)c2)n1. The lowest BCUT2D eigenvalue weighted by atomic mass is 10.2. The number of aliphatic imine (C=N–C) groups is 1. The van der Waals surface area contributed by atoms with Gasteiger partial charge in [0.15, 0.2) is 5.11 Å². The average Bonchev–Trinajstić information content (AvgIpc) is 3.20. The van der Waals surface area contributed by atoms with Gasteiger partial charge < -0.3 is 15.6 Å². The first-order valence-electron chi connectivity index (χ1n) is 9.55. The normalized spacial score (nSPS) is 11.8. The first-order chi connectivity index (χ1) is 15.2. The Bertz CT molecular complexity index is 1080. The van der Waals surface area contributed by atoms with Crippen LogP contribution in [0.5, 0.6) is 0 Å². The number of hydrogen-bond acceptors (Lipinski definition) is 5. The van der Waals surface area contributed by atoms with Crippen LogP contribution in [0.3, 0.4) is 0 Å². The van der Waals surface area contributed by atoms with E-state index in [0.717, 1.165) is 29.2 Å². The highest BCUT2D eigenvalue weighted by atomic mass is 32.1. The number of aromatic amines is 1. The number of rotatable bonds is 5. The Morgan fingerprint density at radius 1 is 1.12 bits per heavy atom. The highest BCUT2D eigenvalue weighted by molar-refractivity contribution is 7.80. The Morgan fingerprint density at radius 3 is 2.53 bits per heavy atom. The van der Waals surface area contributed by atoms with Crippen molar-refractivity contribution in [2.75, 3.05) is 17.2 Å². The summed E-state index contributed by atoms with van der Waals surface area (Å²) in [6.45, 7) is 4.05. The van der Waals surface area contributed by atoms with Crippen molar-refractivity contribution in [2.24, 2.45) is 4.99 Å². The van der Waals surface area contributed by atoms with Gasteiger partial charge >= 0.3 is 6.18 Å². The van der Waals surface area contributed by atoms with E-state index in [1.54, 1.807) is 12.5 Å². The van der Waals surface area contributed by atoms with Crippen LogP contribution in [0.15, 0.2) is 47.8 Å². The number of halogens is 3. The van der Waals surface area contributed by atoms with Crippen LogP contribution in [-0.2, 0) is 12.6 Å². The molecule has 0 amide bonds. The minimum absolute atomic E-state index is 0.0569. The van der Waals surface area contributed by atoms with Crippen LogP contribution in [0, 0.1) is 13.8 Å². The molecule has 168 valence electrons. The largest absolute Gasteiger partial charge is 0.416 e. The van der Waals surface area contributed by atoms with Gasteiger partial charge in [0, 0.05) is 41.9 Å². The lowest BCUT2D eigenvalue weighted by Gasteiger charge is -2.15. The van der Waals surface area contributed by atoms with Crippen LogP contribution in [0.1, 0.15) is 22.6 Å². The number of imidazole rings is 1. The molecule has 3 rings (SSSR count). The van der Waals surface area contributed by atoms with Crippen molar-refractivity contribution in [3.8, 4) is 0 Å². The first kappa shape index (κ1) is 23.1. The van der Waals surface area contributed by atoms with Crippen molar-refractivity contribution in [1.29, 1.82) is 0 Å². The molecule has 0 spiro atoms. The van der Waals surface area contributed by atoms with Crippen LogP contribution in [0.2, 0.25) is 0 Å². The lowest BCUT2D eigenvalue weighted by Crippen LogP contribution is -2.39. The van der Waals surface area contributed by atoms with E-state index >= 15 is 0 Å². The summed E-state index contributed by atoms with van der Waals surface area (Å²) in [5.41, 5.74) is 1.85. The monoisotopic (exact) mass is 462 g/mol. The van der Waals surface area contributed by atoms with Crippen molar-refractivity contribution in [3.05, 3.63) is 65.5 Å². The van der Waals surface area contributed by atoms with Crippen LogP contribution >= 0.6 is 12.2 Å². The van der Waals surface area contributed by atoms with Gasteiger partial charge in [-0.3, -0.25) is 10.3 Å². The number of aryl methyl sites for hydroxylation is 2. The predicted octanol–water partition coefficient (Wildman–Crippen LogP) is 3.83. The molecule has 0 aliphatic heterocycles. The Labute approximate surface area is 187 Å². The molecule has 2 heterocycles. The molecule has 1 aromatic carbocycles. The third kappa shape index (κ3) is 7.01. The molecular weight excluding hydrogens is 441 g/mol. The molecule has 8 nitrogen and oxygen atoms in total. The Hall–Kier alpha value is -3.54. The molecule has 2 aromatic heterocycles. The first-order valence-corrected chi connectivity index (χ1v) is 9.96. The van der Waals surface area contributed by atoms with E-state index in [-0.39, 0.29) is 16.8 Å². The summed E-state index contributed by atoms with van der Waals surface area (Å²) in [5.74, 6) is 0.566. The fourth-order valence-corrected chi connectivity index (χ4v) is 2.97. The summed E-state index contributed by atoms with van der Waals surface area (Å²) in [5, 5.41) is 8.64. The Balaban J connectivity index is 1.72. The third-order valence-electron chi connectivity index (χ3n) is 4.10. The number of nitrogens with zero attached hydrogens (tertiary/aromatic N) is 4. The van der Waals surface area contributed by atoms with E-state index in [0.29, 0.717) is 18.9 Å². The quantitative estimate of drug-likeness (QED) is 0.260. The van der Waals surface area contributed by atoms with Crippen LogP contribution in [0.25, 0.3) is 0 Å². The number of thiocarbonyl (C=S) groups is 1. The topological polar surface area (TPSA) is 103 Å². The molecule has 12 heteroatoms. The highest BCUT2D eigenvalue weighted by Gasteiger charge is 2.30. The maximum atomic E-state index is 13.0. The zero-order chi connectivity index (χ0) is 23.1. The van der Waals surface area contributed by atoms with Gasteiger partial charge in [-0.2, -0.15) is 13.2 Å². The zero-order valence-corrected chi connectivity index (χ0v) is 18.1. The molecule has 0 radical (unpaired) electrons. The van der Waals surface area contributed by atoms with Crippen LogP contribution < -0.4 is 16.0 Å². The predicted molar refractivity (Wildman–Crippen MR) is 121 cm³/mol. The van der Waals surface area contributed by atoms with Crippen molar-refractivity contribution < 1.29 is 13.2 Å². The molecule has 0 aliphatic carbocycles. The molecule has 0 unspecified atom stereocenters. The Kier molecular flexibility index (Phi) is 7.36. The maximum absolute atomic E-state index is 13.0. The number of guanidine groups is 1. The number of alkyl halides is 3. The zero-order valence-electron chi connectivity index (χ0n) is 17.3. The van der Waals surface area contributed by atoms with Gasteiger partial charge in [-0.05, 0) is 50.3 Å². The second-order valence-corrected chi connectivity index (χ2v) is 7.22. The van der Waals surface area contributed by atoms with Gasteiger partial charge in [0.1, 0.15) is 0 Å². The van der Waals surface area contributed by atoms with Crippen molar-refractivity contribution in [3.63, 3.8) is 0 Å². The van der Waals surface area contributed by atoms with E-state index in [1.165, 1.54) is 12.1 Å². The maximum Gasteiger partial charge on any atom is 0.416 e. The van der Waals surface area contributed by atoms with Gasteiger partial charge in [-0.1, -0.05) is 6.07 Å². The van der Waals surface area contributed by atoms with Gasteiger partial charge in [0.05, 0.1) is 11.9 Å². The number of hydrogen-bond donors (Lipinski definition) is 4. The molecule has 32 heavy (non-hydrogen) atoms.